The van der Waals surface area contributed by atoms with Crippen LogP contribution >= 0.6 is 15.9 Å². The van der Waals surface area contributed by atoms with E-state index in [0.717, 1.165) is 10.2 Å². The highest BCUT2D eigenvalue weighted by Crippen LogP contribution is 2.49. The van der Waals surface area contributed by atoms with E-state index in [-0.39, 0.29) is 37.5 Å². The first kappa shape index (κ1) is 15.3. The number of alkyl halides is 4. The molecule has 116 valence electrons. The molecule has 1 nitrogen and oxygen atoms in total. The second-order valence-corrected chi connectivity index (χ2v) is 7.05. The van der Waals surface area contributed by atoms with Crippen molar-refractivity contribution < 1.29 is 17.6 Å². The number of hydrogen-bond acceptors (Lipinski definition) is 1. The molecule has 2 fully saturated rings. The van der Waals surface area contributed by atoms with Gasteiger partial charge in [-0.2, -0.15) is 0 Å². The monoisotopic (exact) mass is 365 g/mol. The van der Waals surface area contributed by atoms with Crippen molar-refractivity contribution in [1.29, 1.82) is 0 Å². The fourth-order valence-corrected chi connectivity index (χ4v) is 3.72. The van der Waals surface area contributed by atoms with E-state index in [1.807, 2.05) is 0 Å². The van der Waals surface area contributed by atoms with Gasteiger partial charge in [0, 0.05) is 47.7 Å². The normalized spacial score (nSPS) is 25.6. The summed E-state index contributed by atoms with van der Waals surface area (Å²) in [6, 6.07) is 3.56. The minimum Gasteiger partial charge on any atom is -0.256 e. The number of halogens is 5. The molecule has 2 saturated carbocycles. The molecule has 0 spiro atoms. The van der Waals surface area contributed by atoms with E-state index in [0.29, 0.717) is 18.5 Å². The average molecular weight is 366 g/mol. The lowest BCUT2D eigenvalue weighted by molar-refractivity contribution is -0.0877. The van der Waals surface area contributed by atoms with E-state index in [2.05, 4.69) is 20.9 Å². The predicted molar refractivity (Wildman–Crippen MR) is 75.0 cm³/mol. The van der Waals surface area contributed by atoms with Crippen LogP contribution in [0.15, 0.2) is 16.6 Å². The summed E-state index contributed by atoms with van der Waals surface area (Å²) in [6.45, 7) is 0. The standard InChI is InChI=1S/C15H16BrF4N/c16-11-1-2-12(10-7-15(19,20)8-10)21-13(11)9-3-5-14(17,18)6-4-9/h1-2,9-10H,3-8H2. The summed E-state index contributed by atoms with van der Waals surface area (Å²) in [6.07, 6.45) is 0.203. The Bertz CT molecular complexity index is 528. The van der Waals surface area contributed by atoms with Gasteiger partial charge < -0.3 is 0 Å². The zero-order chi connectivity index (χ0) is 15.3. The maximum Gasteiger partial charge on any atom is 0.249 e. The van der Waals surface area contributed by atoms with Crippen LogP contribution in [0.5, 0.6) is 0 Å². The molecule has 6 heteroatoms. The Kier molecular flexibility index (Phi) is 3.79. The van der Waals surface area contributed by atoms with Crippen LogP contribution < -0.4 is 0 Å². The number of rotatable bonds is 2. The minimum atomic E-state index is -2.58. The third kappa shape index (κ3) is 3.25. The third-order valence-electron chi connectivity index (χ3n) is 4.51. The Morgan fingerprint density at radius 1 is 0.952 bits per heavy atom. The van der Waals surface area contributed by atoms with Gasteiger partial charge in [0.15, 0.2) is 0 Å². The molecule has 0 radical (unpaired) electrons. The van der Waals surface area contributed by atoms with Crippen molar-refractivity contribution in [2.75, 3.05) is 0 Å². The third-order valence-corrected chi connectivity index (χ3v) is 5.18. The molecule has 3 rings (SSSR count). The highest BCUT2D eigenvalue weighted by Gasteiger charge is 2.46. The lowest BCUT2D eigenvalue weighted by atomic mass is 9.78. The Morgan fingerprint density at radius 2 is 1.57 bits per heavy atom. The Morgan fingerprint density at radius 3 is 2.14 bits per heavy atom. The average Bonchev–Trinajstić information content (AvgIpc) is 2.37. The van der Waals surface area contributed by atoms with Crippen molar-refractivity contribution in [2.24, 2.45) is 0 Å². The summed E-state index contributed by atoms with van der Waals surface area (Å²) in [5.41, 5.74) is 1.41. The lowest BCUT2D eigenvalue weighted by Gasteiger charge is -2.35. The second kappa shape index (κ2) is 5.21. The van der Waals surface area contributed by atoms with Gasteiger partial charge >= 0.3 is 0 Å². The molecule has 0 aliphatic heterocycles. The van der Waals surface area contributed by atoms with Gasteiger partial charge in [0.1, 0.15) is 0 Å². The van der Waals surface area contributed by atoms with E-state index >= 15 is 0 Å². The molecule has 1 aromatic rings. The minimum absolute atomic E-state index is 0.0143. The molecule has 0 unspecified atom stereocenters. The van der Waals surface area contributed by atoms with Gasteiger partial charge in [-0.05, 0) is 40.9 Å². The molecule has 0 atom stereocenters. The van der Waals surface area contributed by atoms with E-state index in [9.17, 15) is 17.6 Å². The van der Waals surface area contributed by atoms with Gasteiger partial charge in [-0.3, -0.25) is 4.98 Å². The predicted octanol–water partition coefficient (Wildman–Crippen LogP) is 5.65. The second-order valence-electron chi connectivity index (χ2n) is 6.19. The SMILES string of the molecule is FC1(F)CCC(c2nc(C3CC(F)(F)C3)ccc2Br)CC1. The van der Waals surface area contributed by atoms with Crippen molar-refractivity contribution >= 4 is 15.9 Å². The first-order chi connectivity index (χ1) is 9.76. The van der Waals surface area contributed by atoms with Crippen LogP contribution in [0.3, 0.4) is 0 Å². The van der Waals surface area contributed by atoms with Crippen LogP contribution in [0, 0.1) is 0 Å². The smallest absolute Gasteiger partial charge is 0.249 e. The van der Waals surface area contributed by atoms with Gasteiger partial charge in [-0.15, -0.1) is 0 Å². The Balaban J connectivity index is 1.76. The van der Waals surface area contributed by atoms with Crippen LogP contribution in [0.4, 0.5) is 17.6 Å². The molecule has 0 bridgehead atoms. The van der Waals surface area contributed by atoms with Crippen LogP contribution in [-0.4, -0.2) is 16.8 Å². The maximum atomic E-state index is 13.2. The number of hydrogen-bond donors (Lipinski definition) is 0. The van der Waals surface area contributed by atoms with Crippen molar-refractivity contribution in [1.82, 2.24) is 4.98 Å². The van der Waals surface area contributed by atoms with Crippen LogP contribution in [0.2, 0.25) is 0 Å². The van der Waals surface area contributed by atoms with Crippen LogP contribution in [0.1, 0.15) is 61.7 Å². The molecule has 1 aromatic heterocycles. The highest BCUT2D eigenvalue weighted by atomic mass is 79.9. The molecule has 0 amide bonds. The first-order valence-electron chi connectivity index (χ1n) is 7.18. The van der Waals surface area contributed by atoms with Crippen molar-refractivity contribution in [3.8, 4) is 0 Å². The topological polar surface area (TPSA) is 12.9 Å². The Labute approximate surface area is 129 Å². The molecule has 0 N–H and O–H groups in total. The molecular formula is C15H16BrF4N. The molecule has 0 saturated heterocycles. The highest BCUT2D eigenvalue weighted by molar-refractivity contribution is 9.10. The van der Waals surface area contributed by atoms with Gasteiger partial charge in [0.05, 0.1) is 5.69 Å². The van der Waals surface area contributed by atoms with Crippen molar-refractivity contribution in [2.45, 2.75) is 62.2 Å². The van der Waals surface area contributed by atoms with Gasteiger partial charge in [-0.25, -0.2) is 17.6 Å². The van der Waals surface area contributed by atoms with Crippen LogP contribution in [0.25, 0.3) is 0 Å². The number of pyridine rings is 1. The molecule has 21 heavy (non-hydrogen) atoms. The Hall–Kier alpha value is -0.650. The molecular weight excluding hydrogens is 350 g/mol. The molecule has 0 aromatic carbocycles. The zero-order valence-electron chi connectivity index (χ0n) is 11.4. The summed E-state index contributed by atoms with van der Waals surface area (Å²) in [7, 11) is 0. The van der Waals surface area contributed by atoms with Crippen molar-refractivity contribution in [3.63, 3.8) is 0 Å². The molecule has 2 aliphatic carbocycles. The summed E-state index contributed by atoms with van der Waals surface area (Å²) < 4.78 is 53.2. The first-order valence-corrected chi connectivity index (χ1v) is 7.97. The fraction of sp³-hybridized carbons (Fsp3) is 0.667. The number of nitrogens with zero attached hydrogens (tertiary/aromatic N) is 1. The molecule has 1 heterocycles. The van der Waals surface area contributed by atoms with E-state index < -0.39 is 11.8 Å². The molecule has 2 aliphatic rings. The summed E-state index contributed by atoms with van der Waals surface area (Å²) >= 11 is 3.41. The zero-order valence-corrected chi connectivity index (χ0v) is 13.0. The van der Waals surface area contributed by atoms with E-state index in [4.69, 9.17) is 0 Å². The van der Waals surface area contributed by atoms with Crippen LogP contribution in [-0.2, 0) is 0 Å². The number of aromatic nitrogens is 1. The van der Waals surface area contributed by atoms with Crippen molar-refractivity contribution in [3.05, 3.63) is 28.0 Å². The van der Waals surface area contributed by atoms with Gasteiger partial charge in [0.2, 0.25) is 11.8 Å². The summed E-state index contributed by atoms with van der Waals surface area (Å²) in [5, 5.41) is 0. The van der Waals surface area contributed by atoms with E-state index in [1.165, 1.54) is 0 Å². The maximum absolute atomic E-state index is 13.2. The lowest BCUT2D eigenvalue weighted by Crippen LogP contribution is -2.34. The fourth-order valence-electron chi connectivity index (χ4n) is 3.17. The van der Waals surface area contributed by atoms with E-state index in [1.54, 1.807) is 12.1 Å². The van der Waals surface area contributed by atoms with Gasteiger partial charge in [0.25, 0.3) is 0 Å². The quantitative estimate of drug-likeness (QED) is 0.617. The largest absolute Gasteiger partial charge is 0.256 e. The summed E-state index contributed by atoms with van der Waals surface area (Å²) in [5.74, 6) is -5.38. The summed E-state index contributed by atoms with van der Waals surface area (Å²) in [4.78, 5) is 4.51. The van der Waals surface area contributed by atoms with Gasteiger partial charge in [-0.1, -0.05) is 0 Å².